The first kappa shape index (κ1) is 24.9. The smallest absolute Gasteiger partial charge is 0.206 e. The number of nitrogens with one attached hydrogen (secondary N) is 1. The summed E-state index contributed by atoms with van der Waals surface area (Å²) in [5, 5.41) is 0. The fraction of sp³-hybridized carbons (Fsp3) is 0.143. The molecule has 0 aliphatic rings. The van der Waals surface area contributed by atoms with Crippen molar-refractivity contribution in [2.45, 2.75) is 22.1 Å². The normalized spacial score (nSPS) is 13.5. The molecule has 2 rings (SSSR count). The average Bonchev–Trinajstić information content (AvgIpc) is 2.57. The molecule has 0 saturated heterocycles. The van der Waals surface area contributed by atoms with Gasteiger partial charge in [-0.1, -0.05) is 0 Å². The zero-order valence-corrected chi connectivity index (χ0v) is 15.7. The van der Waals surface area contributed by atoms with Crippen molar-refractivity contribution in [2.75, 3.05) is 0 Å². The highest BCUT2D eigenvalue weighted by Crippen LogP contribution is 2.37. The molecule has 172 valence electrons. The molecule has 0 atom stereocenters. The van der Waals surface area contributed by atoms with Crippen molar-refractivity contribution in [3.05, 3.63) is 58.7 Å². The Labute approximate surface area is 166 Å². The number of alkyl halides is 6. The van der Waals surface area contributed by atoms with E-state index < -0.39 is 101 Å². The molecule has 0 aromatic heterocycles. The van der Waals surface area contributed by atoms with Crippen LogP contribution in [0.1, 0.15) is 11.1 Å². The Hall–Kier alpha value is -2.40. The fourth-order valence-corrected chi connectivity index (χ4v) is 5.21. The van der Waals surface area contributed by atoms with Crippen molar-refractivity contribution in [1.29, 1.82) is 0 Å². The van der Waals surface area contributed by atoms with E-state index in [0.29, 0.717) is 4.13 Å². The number of sulfonamides is 2. The highest BCUT2D eigenvalue weighted by Gasteiger charge is 2.40. The summed E-state index contributed by atoms with van der Waals surface area (Å²) in [7, 11) is -12.0. The fourth-order valence-electron chi connectivity index (χ4n) is 2.10. The molecule has 2 aromatic rings. The van der Waals surface area contributed by atoms with Gasteiger partial charge in [-0.05, 0) is 18.2 Å². The quantitative estimate of drug-likeness (QED) is 0.505. The molecule has 1 N–H and O–H groups in total. The van der Waals surface area contributed by atoms with Crippen LogP contribution in [0.15, 0.2) is 34.1 Å². The van der Waals surface area contributed by atoms with Crippen LogP contribution in [-0.2, 0) is 32.4 Å². The lowest BCUT2D eigenvalue weighted by Crippen LogP contribution is -2.33. The zero-order valence-electron chi connectivity index (χ0n) is 14.0. The topological polar surface area (TPSA) is 80.3 Å². The Kier molecular flexibility index (Phi) is 6.12. The molecule has 0 aliphatic heterocycles. The molecule has 31 heavy (non-hydrogen) atoms. The standard InChI is InChI=1S/C14H5F10NO4S2/c15-8-4-9(16)11(18)12(10(8)17)31(28,29)25-30(26,27)7-2-5(13(19,20)21)1-6(3-7)14(22,23)24/h1-4,25H. The molecule has 0 amide bonds. The van der Waals surface area contributed by atoms with Gasteiger partial charge in [0.15, 0.2) is 28.2 Å². The van der Waals surface area contributed by atoms with E-state index in [1.54, 1.807) is 0 Å². The number of hydrogen-bond acceptors (Lipinski definition) is 4. The second-order valence-corrected chi connectivity index (χ2v) is 9.19. The molecule has 2 aromatic carbocycles. The zero-order chi connectivity index (χ0) is 24.2. The summed E-state index contributed by atoms with van der Waals surface area (Å²) in [6.45, 7) is 0. The second-order valence-electron chi connectivity index (χ2n) is 5.63. The lowest BCUT2D eigenvalue weighted by Gasteiger charge is -2.15. The van der Waals surface area contributed by atoms with Gasteiger partial charge in [-0.25, -0.2) is 34.4 Å². The van der Waals surface area contributed by atoms with Crippen LogP contribution in [0.3, 0.4) is 0 Å². The lowest BCUT2D eigenvalue weighted by molar-refractivity contribution is -0.143. The molecule has 17 heteroatoms. The number of rotatable bonds is 4. The highest BCUT2D eigenvalue weighted by atomic mass is 32.3. The predicted octanol–water partition coefficient (Wildman–Crippen LogP) is 3.95. The Morgan fingerprint density at radius 3 is 1.35 bits per heavy atom. The van der Waals surface area contributed by atoms with Gasteiger partial charge in [0, 0.05) is 6.07 Å². The molecule has 0 saturated carbocycles. The first-order valence-corrected chi connectivity index (χ1v) is 10.1. The molecule has 0 bridgehead atoms. The van der Waals surface area contributed by atoms with Gasteiger partial charge in [0.25, 0.3) is 20.0 Å². The van der Waals surface area contributed by atoms with E-state index in [4.69, 9.17) is 0 Å². The largest absolute Gasteiger partial charge is 0.416 e. The van der Waals surface area contributed by atoms with E-state index in [9.17, 15) is 60.7 Å². The molecule has 0 radical (unpaired) electrons. The summed E-state index contributed by atoms with van der Waals surface area (Å²) in [5.41, 5.74) is -4.32. The molecular weight excluding hydrogens is 500 g/mol. The average molecular weight is 505 g/mol. The Morgan fingerprint density at radius 1 is 0.613 bits per heavy atom. The van der Waals surface area contributed by atoms with Crippen molar-refractivity contribution >= 4 is 20.0 Å². The molecular formula is C14H5F10NO4S2. The van der Waals surface area contributed by atoms with Crippen molar-refractivity contribution in [3.8, 4) is 0 Å². The SMILES string of the molecule is O=S(=O)(NS(=O)(=O)c1c(F)c(F)cc(F)c1F)c1cc(C(F)(F)F)cc(C(F)(F)F)c1. The maximum absolute atomic E-state index is 13.7. The Balaban J connectivity index is 2.70. The van der Waals surface area contributed by atoms with Gasteiger partial charge in [0.1, 0.15) is 0 Å². The van der Waals surface area contributed by atoms with Gasteiger partial charge in [0.05, 0.1) is 16.0 Å². The minimum atomic E-state index is -6.10. The van der Waals surface area contributed by atoms with Crippen LogP contribution in [0.4, 0.5) is 43.9 Å². The van der Waals surface area contributed by atoms with Gasteiger partial charge in [-0.2, -0.15) is 26.3 Å². The summed E-state index contributed by atoms with van der Waals surface area (Å²) >= 11 is 0. The minimum Gasteiger partial charge on any atom is -0.206 e. The van der Waals surface area contributed by atoms with Crippen LogP contribution in [0, 0.1) is 23.3 Å². The van der Waals surface area contributed by atoms with E-state index in [1.165, 1.54) is 0 Å². The molecule has 0 fully saturated rings. The van der Waals surface area contributed by atoms with Crippen molar-refractivity contribution in [1.82, 2.24) is 4.13 Å². The molecule has 0 heterocycles. The summed E-state index contributed by atoms with van der Waals surface area (Å²) in [4.78, 5) is -4.42. The molecule has 5 nitrogen and oxygen atoms in total. The monoisotopic (exact) mass is 505 g/mol. The summed E-state index contributed by atoms with van der Waals surface area (Å²) in [5.74, 6) is -9.76. The Morgan fingerprint density at radius 2 is 1.00 bits per heavy atom. The van der Waals surface area contributed by atoms with Gasteiger partial charge in [0.2, 0.25) is 0 Å². The lowest BCUT2D eigenvalue weighted by atomic mass is 10.1. The molecule has 0 spiro atoms. The third-order valence-electron chi connectivity index (χ3n) is 3.43. The Bertz CT molecular complexity index is 1190. The number of hydrogen-bond donors (Lipinski definition) is 1. The van der Waals surface area contributed by atoms with Crippen LogP contribution in [-0.4, -0.2) is 16.8 Å². The van der Waals surface area contributed by atoms with Crippen LogP contribution in [0.2, 0.25) is 0 Å². The third kappa shape index (κ3) is 5.09. The van der Waals surface area contributed by atoms with Gasteiger partial charge in [-0.15, -0.1) is 4.13 Å². The van der Waals surface area contributed by atoms with Gasteiger partial charge < -0.3 is 0 Å². The van der Waals surface area contributed by atoms with E-state index in [0.717, 1.165) is 0 Å². The molecule has 0 aliphatic carbocycles. The maximum atomic E-state index is 13.7. The first-order chi connectivity index (χ1) is 13.8. The third-order valence-corrected chi connectivity index (χ3v) is 6.94. The van der Waals surface area contributed by atoms with Gasteiger partial charge >= 0.3 is 12.4 Å². The highest BCUT2D eigenvalue weighted by molar-refractivity contribution is 8.04. The minimum absolute atomic E-state index is 0.397. The number of benzene rings is 2. The van der Waals surface area contributed by atoms with Crippen molar-refractivity contribution in [2.24, 2.45) is 0 Å². The first-order valence-electron chi connectivity index (χ1n) is 7.18. The van der Waals surface area contributed by atoms with Crippen LogP contribution < -0.4 is 4.13 Å². The van der Waals surface area contributed by atoms with E-state index >= 15 is 0 Å². The van der Waals surface area contributed by atoms with E-state index in [1.807, 2.05) is 0 Å². The van der Waals surface area contributed by atoms with Gasteiger partial charge in [-0.3, -0.25) is 0 Å². The maximum Gasteiger partial charge on any atom is 0.416 e. The summed E-state index contributed by atoms with van der Waals surface area (Å²) in [6, 6.07) is -1.70. The number of halogens is 10. The predicted molar refractivity (Wildman–Crippen MR) is 80.2 cm³/mol. The molecule has 0 unspecified atom stereocenters. The van der Waals surface area contributed by atoms with Crippen LogP contribution >= 0.6 is 0 Å². The summed E-state index contributed by atoms with van der Waals surface area (Å²) < 4.78 is 179. The van der Waals surface area contributed by atoms with E-state index in [-0.39, 0.29) is 0 Å². The second kappa shape index (κ2) is 7.63. The van der Waals surface area contributed by atoms with Crippen molar-refractivity contribution < 1.29 is 60.7 Å². The van der Waals surface area contributed by atoms with Crippen LogP contribution in [0.25, 0.3) is 0 Å². The van der Waals surface area contributed by atoms with Crippen LogP contribution in [0.5, 0.6) is 0 Å². The summed E-state index contributed by atoms with van der Waals surface area (Å²) in [6.07, 6.45) is -11.0. The van der Waals surface area contributed by atoms with E-state index in [2.05, 4.69) is 0 Å². The van der Waals surface area contributed by atoms with Crippen molar-refractivity contribution in [3.63, 3.8) is 0 Å².